The maximum atomic E-state index is 12.5. The van der Waals surface area contributed by atoms with Gasteiger partial charge in [-0.25, -0.2) is 0 Å². The molecular weight excluding hydrogens is 436 g/mol. The minimum Gasteiger partial charge on any atom is -0.347 e. The summed E-state index contributed by atoms with van der Waals surface area (Å²) in [5, 5.41) is 10.1. The van der Waals surface area contributed by atoms with E-state index >= 15 is 0 Å². The number of carbonyl (C=O) groups excluding carboxylic acids is 5. The Bertz CT molecular complexity index is 811. The molecule has 1 aromatic rings. The van der Waals surface area contributed by atoms with Crippen LogP contribution in [0, 0.1) is 5.92 Å². The monoisotopic (exact) mass is 474 g/mol. The van der Waals surface area contributed by atoms with Crippen LogP contribution in [0.25, 0.3) is 0 Å². The molecule has 0 fully saturated rings. The standard InChI is InChI=1S/C25H38N4O5/c1-18(2)10-6-4-9-13-22(31)26-16-23(32)27-17-24(33)29-21(25(34)28-15-19(3)30)14-20-11-7-5-8-12-20/h5,7-8,11-12,18,21H,4,6,9-10,13-17H2,1-3H3,(H,26,31)(H,27,32)(H,28,34)(H,29,33). The highest BCUT2D eigenvalue weighted by atomic mass is 16.2. The molecule has 34 heavy (non-hydrogen) atoms. The highest BCUT2D eigenvalue weighted by Gasteiger charge is 2.21. The van der Waals surface area contributed by atoms with Crippen molar-refractivity contribution < 1.29 is 24.0 Å². The van der Waals surface area contributed by atoms with Crippen LogP contribution >= 0.6 is 0 Å². The van der Waals surface area contributed by atoms with Gasteiger partial charge in [-0.15, -0.1) is 0 Å². The molecule has 0 spiro atoms. The van der Waals surface area contributed by atoms with Gasteiger partial charge in [-0.3, -0.25) is 24.0 Å². The number of hydrogen-bond acceptors (Lipinski definition) is 5. The van der Waals surface area contributed by atoms with Crippen LogP contribution in [0.2, 0.25) is 0 Å². The largest absolute Gasteiger partial charge is 0.347 e. The summed E-state index contributed by atoms with van der Waals surface area (Å²) in [6, 6.07) is 8.23. The summed E-state index contributed by atoms with van der Waals surface area (Å²) >= 11 is 0. The third kappa shape index (κ3) is 14.0. The summed E-state index contributed by atoms with van der Waals surface area (Å²) in [7, 11) is 0. The van der Waals surface area contributed by atoms with E-state index in [1.54, 1.807) is 0 Å². The van der Waals surface area contributed by atoms with Crippen molar-refractivity contribution in [3.8, 4) is 0 Å². The first-order chi connectivity index (χ1) is 16.2. The molecule has 0 aliphatic rings. The fraction of sp³-hybridized carbons (Fsp3) is 0.560. The Morgan fingerprint density at radius 1 is 0.765 bits per heavy atom. The quantitative estimate of drug-likeness (QED) is 0.268. The zero-order valence-electron chi connectivity index (χ0n) is 20.4. The van der Waals surface area contributed by atoms with Gasteiger partial charge in [0.1, 0.15) is 11.8 Å². The molecule has 9 heteroatoms. The van der Waals surface area contributed by atoms with Crippen LogP contribution in [-0.4, -0.2) is 55.1 Å². The van der Waals surface area contributed by atoms with E-state index in [9.17, 15) is 24.0 Å². The smallest absolute Gasteiger partial charge is 0.243 e. The number of unbranched alkanes of at least 4 members (excludes halogenated alkanes) is 2. The molecule has 0 saturated carbocycles. The molecule has 0 aromatic heterocycles. The number of hydrogen-bond donors (Lipinski definition) is 4. The van der Waals surface area contributed by atoms with Crippen molar-refractivity contribution in [2.45, 2.75) is 65.3 Å². The van der Waals surface area contributed by atoms with E-state index in [1.165, 1.54) is 6.92 Å². The summed E-state index contributed by atoms with van der Waals surface area (Å²) in [6.45, 7) is 5.00. The van der Waals surface area contributed by atoms with Crippen LogP contribution in [0.4, 0.5) is 0 Å². The Morgan fingerprint density at radius 2 is 1.41 bits per heavy atom. The Kier molecular flexibility index (Phi) is 13.9. The van der Waals surface area contributed by atoms with Gasteiger partial charge in [-0.1, -0.05) is 63.4 Å². The van der Waals surface area contributed by atoms with Crippen LogP contribution in [0.1, 0.15) is 58.4 Å². The molecule has 188 valence electrons. The van der Waals surface area contributed by atoms with Crippen molar-refractivity contribution in [2.75, 3.05) is 19.6 Å². The first kappa shape index (κ1) is 28.8. The van der Waals surface area contributed by atoms with Crippen LogP contribution in [0.3, 0.4) is 0 Å². The van der Waals surface area contributed by atoms with Crippen molar-refractivity contribution >= 4 is 29.4 Å². The average Bonchev–Trinajstić information content (AvgIpc) is 2.79. The van der Waals surface area contributed by atoms with Gasteiger partial charge < -0.3 is 21.3 Å². The average molecular weight is 475 g/mol. The lowest BCUT2D eigenvalue weighted by atomic mass is 10.0. The van der Waals surface area contributed by atoms with Crippen molar-refractivity contribution in [3.63, 3.8) is 0 Å². The molecule has 1 rings (SSSR count). The molecule has 0 radical (unpaired) electrons. The van der Waals surface area contributed by atoms with E-state index in [1.807, 2.05) is 30.3 Å². The second-order valence-electron chi connectivity index (χ2n) is 8.78. The number of Topliss-reactive ketones (excluding diaryl/α,β-unsaturated/α-hetero) is 1. The summed E-state index contributed by atoms with van der Waals surface area (Å²) in [5.74, 6) is -1.29. The maximum Gasteiger partial charge on any atom is 0.243 e. The summed E-state index contributed by atoms with van der Waals surface area (Å²) < 4.78 is 0. The van der Waals surface area contributed by atoms with E-state index in [2.05, 4.69) is 35.1 Å². The van der Waals surface area contributed by atoms with Gasteiger partial charge in [0.05, 0.1) is 19.6 Å². The summed E-state index contributed by atoms with van der Waals surface area (Å²) in [5.41, 5.74) is 0.835. The second-order valence-corrected chi connectivity index (χ2v) is 8.78. The van der Waals surface area contributed by atoms with Crippen molar-refractivity contribution in [3.05, 3.63) is 35.9 Å². The Labute approximate surface area is 201 Å². The molecule has 9 nitrogen and oxygen atoms in total. The fourth-order valence-electron chi connectivity index (χ4n) is 3.16. The Hall–Kier alpha value is -3.23. The number of nitrogens with one attached hydrogen (secondary N) is 4. The van der Waals surface area contributed by atoms with Crippen molar-refractivity contribution in [2.24, 2.45) is 5.92 Å². The van der Waals surface area contributed by atoms with Gasteiger partial charge in [-0.2, -0.15) is 0 Å². The minimum atomic E-state index is -0.901. The van der Waals surface area contributed by atoms with Crippen LogP contribution in [-0.2, 0) is 30.4 Å². The van der Waals surface area contributed by atoms with Crippen molar-refractivity contribution in [1.82, 2.24) is 21.3 Å². The number of benzene rings is 1. The summed E-state index contributed by atoms with van der Waals surface area (Å²) in [6.07, 6.45) is 4.56. The van der Waals surface area contributed by atoms with Crippen molar-refractivity contribution in [1.29, 1.82) is 0 Å². The topological polar surface area (TPSA) is 133 Å². The first-order valence-electron chi connectivity index (χ1n) is 11.8. The molecular formula is C25H38N4O5. The highest BCUT2D eigenvalue weighted by molar-refractivity contribution is 5.92. The zero-order valence-corrected chi connectivity index (χ0v) is 20.4. The third-order valence-corrected chi connectivity index (χ3v) is 5.02. The first-order valence-corrected chi connectivity index (χ1v) is 11.8. The summed E-state index contributed by atoms with van der Waals surface area (Å²) in [4.78, 5) is 59.8. The maximum absolute atomic E-state index is 12.5. The zero-order chi connectivity index (χ0) is 25.3. The molecule has 1 atom stereocenters. The predicted molar refractivity (Wildman–Crippen MR) is 130 cm³/mol. The molecule has 0 bridgehead atoms. The Morgan fingerprint density at radius 3 is 2.06 bits per heavy atom. The lowest BCUT2D eigenvalue weighted by Gasteiger charge is -2.18. The van der Waals surface area contributed by atoms with E-state index < -0.39 is 23.8 Å². The molecule has 4 N–H and O–H groups in total. The second kappa shape index (κ2) is 16.4. The Balaban J connectivity index is 2.40. The molecule has 0 heterocycles. The molecule has 0 aliphatic heterocycles. The lowest BCUT2D eigenvalue weighted by molar-refractivity contribution is -0.130. The van der Waals surface area contributed by atoms with Gasteiger partial charge in [0.25, 0.3) is 0 Å². The number of carbonyl (C=O) groups is 5. The van der Waals surface area contributed by atoms with Gasteiger partial charge in [-0.05, 0) is 24.8 Å². The number of ketones is 1. The molecule has 0 saturated heterocycles. The van der Waals surface area contributed by atoms with E-state index in [4.69, 9.17) is 0 Å². The normalized spacial score (nSPS) is 11.4. The number of rotatable bonds is 16. The van der Waals surface area contributed by atoms with Gasteiger partial charge in [0.2, 0.25) is 23.6 Å². The molecule has 1 aromatic carbocycles. The van der Waals surface area contributed by atoms with Gasteiger partial charge >= 0.3 is 0 Å². The fourth-order valence-corrected chi connectivity index (χ4v) is 3.16. The minimum absolute atomic E-state index is 0.131. The van der Waals surface area contributed by atoms with E-state index in [0.29, 0.717) is 12.3 Å². The third-order valence-electron chi connectivity index (χ3n) is 5.02. The van der Waals surface area contributed by atoms with E-state index in [0.717, 1.165) is 31.2 Å². The van der Waals surface area contributed by atoms with E-state index in [-0.39, 0.29) is 37.7 Å². The highest BCUT2D eigenvalue weighted by Crippen LogP contribution is 2.09. The molecule has 1 unspecified atom stereocenters. The predicted octanol–water partition coefficient (Wildman–Crippen LogP) is 1.26. The van der Waals surface area contributed by atoms with Gasteiger partial charge in [0, 0.05) is 12.8 Å². The SMILES string of the molecule is CC(=O)CNC(=O)C(Cc1ccccc1)NC(=O)CNC(=O)CNC(=O)CCCCCC(C)C. The van der Waals surface area contributed by atoms with Crippen LogP contribution < -0.4 is 21.3 Å². The van der Waals surface area contributed by atoms with Crippen LogP contribution in [0.15, 0.2) is 30.3 Å². The molecule has 4 amide bonds. The molecule has 0 aliphatic carbocycles. The lowest BCUT2D eigenvalue weighted by Crippen LogP contribution is -2.51. The van der Waals surface area contributed by atoms with Gasteiger partial charge in [0.15, 0.2) is 0 Å². The number of amides is 4. The van der Waals surface area contributed by atoms with Crippen LogP contribution in [0.5, 0.6) is 0 Å².